The van der Waals surface area contributed by atoms with Crippen LogP contribution in [0.15, 0.2) is 67.3 Å². The van der Waals surface area contributed by atoms with Crippen LogP contribution in [0.25, 0.3) is 0 Å². The summed E-state index contributed by atoms with van der Waals surface area (Å²) in [7, 11) is -2.16. The van der Waals surface area contributed by atoms with Gasteiger partial charge in [0.05, 0.1) is 58.3 Å². The maximum atomic E-state index is 12.5. The maximum absolute atomic E-state index is 12.5. The third kappa shape index (κ3) is 12.6. The lowest BCUT2D eigenvalue weighted by molar-refractivity contribution is 0.248. The molecule has 14 nitrogen and oxygen atoms in total. The normalized spacial score (nSPS) is 19.4. The molecule has 61 heavy (non-hydrogen) atoms. The van der Waals surface area contributed by atoms with Crippen LogP contribution in [0.1, 0.15) is 39.1 Å². The molecule has 2 aromatic heterocycles. The lowest BCUT2D eigenvalue weighted by Gasteiger charge is -2.36. The number of hydrogen-bond donors (Lipinski definition) is 5. The Morgan fingerprint density at radius 1 is 0.656 bits per heavy atom. The minimum Gasteiger partial charge on any atom is -0.394 e. The fourth-order valence-corrected chi connectivity index (χ4v) is 10.6. The first kappa shape index (κ1) is 47.5. The van der Waals surface area contributed by atoms with Crippen molar-refractivity contribution in [2.45, 2.75) is 62.4 Å². The van der Waals surface area contributed by atoms with E-state index in [9.17, 15) is 18.6 Å². The van der Waals surface area contributed by atoms with Gasteiger partial charge in [0.2, 0.25) is 11.2 Å². The predicted octanol–water partition coefficient (Wildman–Crippen LogP) is 5.74. The number of anilines is 5. The Morgan fingerprint density at radius 2 is 1.08 bits per heavy atom. The number of aromatic nitrogens is 4. The van der Waals surface area contributed by atoms with E-state index in [1.165, 1.54) is 11.4 Å². The largest absolute Gasteiger partial charge is 0.394 e. The van der Waals surface area contributed by atoms with Crippen molar-refractivity contribution < 1.29 is 18.6 Å². The molecule has 0 bridgehead atoms. The van der Waals surface area contributed by atoms with Gasteiger partial charge in [-0.05, 0) is 72.0 Å². The fraction of sp³-hybridized carbons (Fsp3) is 0.524. The Morgan fingerprint density at radius 3 is 1.54 bits per heavy atom. The second-order valence-corrected chi connectivity index (χ2v) is 21.1. The minimum absolute atomic E-state index is 0.00424. The second-order valence-electron chi connectivity index (χ2n) is 15.9. The summed E-state index contributed by atoms with van der Waals surface area (Å²) in [5.41, 5.74) is 4.16. The first-order valence-corrected chi connectivity index (χ1v) is 25.4. The van der Waals surface area contributed by atoms with E-state index in [4.69, 9.17) is 21.6 Å². The number of aryl methyl sites for hydroxylation is 2. The standard InChI is InChI=1S/C21H28BrN5O2S.C11H16ClN3O2S.C10H13BrN2/c1-14(2)18(13-28)23-20-19-17(7-12-30(19)29)24-21(25-20)27-10-8-26(9-11-27)16-5-3-15(22)4-6-16;1-6(2)8(5-16)13-10-9-7(3-4-18(9)17)14-11(12)15-10;11-9-1-3-10(4-2-9)13-7-5-12-6-8-13/h3-6,14,18,28H,7-13H2,1-2H3,(H,23,24,25);6,8,16H,3-5H2,1-2H3,(H,13,14,15);1-4,12H,5-8H2/t18-,30?;8-,18?;/m00./s1. The molecule has 2 aromatic carbocycles. The summed E-state index contributed by atoms with van der Waals surface area (Å²) in [5.74, 6) is 3.41. The molecular formula is C42H57Br2ClN10O4S2. The Bertz CT molecular complexity index is 2110. The van der Waals surface area contributed by atoms with Crippen LogP contribution in [-0.2, 0) is 34.4 Å². The van der Waals surface area contributed by atoms with Crippen molar-refractivity contribution >= 4 is 94.0 Å². The quantitative estimate of drug-likeness (QED) is 0.115. The summed E-state index contributed by atoms with van der Waals surface area (Å²) in [6.45, 7) is 15.9. The average molecular weight is 1030 g/mol. The summed E-state index contributed by atoms with van der Waals surface area (Å²) in [5, 5.41) is 29.0. The van der Waals surface area contributed by atoms with Crippen molar-refractivity contribution in [2.24, 2.45) is 11.8 Å². The highest BCUT2D eigenvalue weighted by Crippen LogP contribution is 2.32. The van der Waals surface area contributed by atoms with Gasteiger partial charge in [-0.3, -0.25) is 8.42 Å². The molecule has 6 heterocycles. The number of nitrogens with zero attached hydrogens (tertiary/aromatic N) is 7. The molecule has 19 heteroatoms. The van der Waals surface area contributed by atoms with Gasteiger partial charge in [0.15, 0.2) is 0 Å². The number of fused-ring (bicyclic) bond motifs is 2. The Labute approximate surface area is 386 Å². The number of hydrogen-bond acceptors (Lipinski definition) is 14. The predicted molar refractivity (Wildman–Crippen MR) is 255 cm³/mol. The zero-order valence-electron chi connectivity index (χ0n) is 35.1. The van der Waals surface area contributed by atoms with Crippen LogP contribution in [0.5, 0.6) is 0 Å². The molecule has 0 aliphatic carbocycles. The monoisotopic (exact) mass is 1020 g/mol. The SMILES string of the molecule is Brc1ccc(N2CCNCC2)cc1.CC(C)[C@H](CO)Nc1nc(Cl)nc2c1S(=O)CC2.CC(C)[C@H](CO)Nc1nc(N2CCN(c3ccc(Br)cc3)CC2)nc2c1S(=O)CC2. The maximum Gasteiger partial charge on any atom is 0.227 e. The number of halogens is 3. The van der Waals surface area contributed by atoms with Crippen LogP contribution in [0.4, 0.5) is 29.0 Å². The molecule has 2 saturated heterocycles. The Kier molecular flexibility index (Phi) is 17.6. The minimum atomic E-state index is -1.09. The number of aliphatic hydroxyl groups is 2. The van der Waals surface area contributed by atoms with Crippen molar-refractivity contribution in [1.29, 1.82) is 0 Å². The van der Waals surface area contributed by atoms with Gasteiger partial charge in [-0.25, -0.2) is 9.97 Å². The van der Waals surface area contributed by atoms with Crippen LogP contribution >= 0.6 is 43.5 Å². The molecule has 2 unspecified atom stereocenters. The van der Waals surface area contributed by atoms with Crippen LogP contribution in [-0.4, -0.2) is 128 Å². The van der Waals surface area contributed by atoms with Crippen LogP contribution in [0, 0.1) is 11.8 Å². The molecule has 0 amide bonds. The molecule has 0 saturated carbocycles. The third-order valence-electron chi connectivity index (χ3n) is 11.0. The van der Waals surface area contributed by atoms with Gasteiger partial charge < -0.3 is 40.9 Å². The Hall–Kier alpha value is -2.97. The van der Waals surface area contributed by atoms with Gasteiger partial charge in [0, 0.05) is 97.0 Å². The molecule has 4 atom stereocenters. The molecule has 0 radical (unpaired) electrons. The first-order valence-electron chi connectivity index (χ1n) is 20.8. The molecule has 2 fully saturated rings. The van der Waals surface area contributed by atoms with Gasteiger partial charge in [-0.1, -0.05) is 59.6 Å². The number of nitrogens with one attached hydrogen (secondary N) is 3. The number of benzene rings is 2. The van der Waals surface area contributed by atoms with Crippen molar-refractivity contribution in [3.63, 3.8) is 0 Å². The van der Waals surface area contributed by atoms with Crippen molar-refractivity contribution in [3.05, 3.63) is 74.1 Å². The highest BCUT2D eigenvalue weighted by molar-refractivity contribution is 9.10. The summed E-state index contributed by atoms with van der Waals surface area (Å²) in [6, 6.07) is 16.6. The number of rotatable bonds is 11. The average Bonchev–Trinajstić information content (AvgIpc) is 3.84. The van der Waals surface area contributed by atoms with E-state index in [2.05, 4.69) is 135 Å². The highest BCUT2D eigenvalue weighted by atomic mass is 79.9. The summed E-state index contributed by atoms with van der Waals surface area (Å²) in [6.07, 6.45) is 1.36. The highest BCUT2D eigenvalue weighted by Gasteiger charge is 2.30. The van der Waals surface area contributed by atoms with E-state index in [0.29, 0.717) is 51.7 Å². The van der Waals surface area contributed by atoms with E-state index in [0.717, 1.165) is 72.7 Å². The van der Waals surface area contributed by atoms with Gasteiger partial charge in [0.25, 0.3) is 0 Å². The lowest BCUT2D eigenvalue weighted by Crippen LogP contribution is -2.47. The van der Waals surface area contributed by atoms with Crippen LogP contribution in [0.2, 0.25) is 5.28 Å². The third-order valence-corrected chi connectivity index (χ3v) is 15.2. The van der Waals surface area contributed by atoms with Crippen LogP contribution < -0.4 is 30.7 Å². The zero-order chi connectivity index (χ0) is 43.6. The molecule has 332 valence electrons. The van der Waals surface area contributed by atoms with Crippen LogP contribution in [0.3, 0.4) is 0 Å². The number of piperazine rings is 2. The molecule has 0 spiro atoms. The Balaban J connectivity index is 0.000000170. The molecule has 5 N–H and O–H groups in total. The van der Waals surface area contributed by atoms with E-state index in [1.807, 2.05) is 13.8 Å². The van der Waals surface area contributed by atoms with Gasteiger partial charge >= 0.3 is 0 Å². The van der Waals surface area contributed by atoms with E-state index in [1.54, 1.807) is 0 Å². The summed E-state index contributed by atoms with van der Waals surface area (Å²) in [4.78, 5) is 26.1. The second kappa shape index (κ2) is 22.6. The zero-order valence-corrected chi connectivity index (χ0v) is 40.7. The molecule has 4 aliphatic rings. The molecule has 4 aliphatic heterocycles. The van der Waals surface area contributed by atoms with Gasteiger partial charge in [-0.2, -0.15) is 9.97 Å². The summed E-state index contributed by atoms with van der Waals surface area (Å²) < 4.78 is 26.7. The van der Waals surface area contributed by atoms with Crippen molar-refractivity contribution in [3.8, 4) is 0 Å². The van der Waals surface area contributed by atoms with Gasteiger partial charge in [0.1, 0.15) is 21.4 Å². The smallest absolute Gasteiger partial charge is 0.227 e. The lowest BCUT2D eigenvalue weighted by atomic mass is 10.1. The molecule has 8 rings (SSSR count). The van der Waals surface area contributed by atoms with Crippen molar-refractivity contribution in [2.75, 3.05) is 102 Å². The topological polar surface area (TPSA) is 172 Å². The van der Waals surface area contributed by atoms with Crippen molar-refractivity contribution in [1.82, 2.24) is 25.3 Å². The van der Waals surface area contributed by atoms with E-state index >= 15 is 0 Å². The van der Waals surface area contributed by atoms with E-state index in [-0.39, 0.29) is 42.4 Å². The fourth-order valence-electron chi connectivity index (χ4n) is 7.28. The van der Waals surface area contributed by atoms with Gasteiger partial charge in [-0.15, -0.1) is 0 Å². The molecule has 4 aromatic rings. The summed E-state index contributed by atoms with van der Waals surface area (Å²) >= 11 is 12.8. The number of aliphatic hydroxyl groups excluding tert-OH is 2. The first-order chi connectivity index (χ1) is 29.3. The van der Waals surface area contributed by atoms with E-state index < -0.39 is 21.6 Å². The molecular weight excluding hydrogens is 968 g/mol.